The van der Waals surface area contributed by atoms with E-state index in [1.54, 1.807) is 19.2 Å². The molecule has 1 saturated carbocycles. The Hall–Kier alpha value is -4.85. The van der Waals surface area contributed by atoms with Gasteiger partial charge in [0, 0.05) is 24.4 Å². The predicted molar refractivity (Wildman–Crippen MR) is 204 cm³/mol. The van der Waals surface area contributed by atoms with Crippen molar-refractivity contribution in [3.05, 3.63) is 81.3 Å². The monoisotopic (exact) mass is 788 g/mol. The van der Waals surface area contributed by atoms with Gasteiger partial charge in [-0.3, -0.25) is 29.4 Å². The number of ether oxygens (including phenoxy) is 2. The topological polar surface area (TPSA) is 143 Å². The smallest absolute Gasteiger partial charge is 0.262 e. The van der Waals surface area contributed by atoms with Gasteiger partial charge in [-0.15, -0.1) is 0 Å². The number of nitrogens with zero attached hydrogens (tertiary/aromatic N) is 4. The zero-order chi connectivity index (χ0) is 38.4. The lowest BCUT2D eigenvalue weighted by atomic mass is 9.85. The maximum Gasteiger partial charge on any atom is 0.262 e. The largest absolute Gasteiger partial charge is 0.493 e. The molecule has 4 heterocycles. The van der Waals surface area contributed by atoms with E-state index in [1.807, 2.05) is 18.2 Å². The minimum Gasteiger partial charge on any atom is -0.493 e. The van der Waals surface area contributed by atoms with E-state index in [0.29, 0.717) is 45.3 Å². The highest BCUT2D eigenvalue weighted by Gasteiger charge is 2.45. The molecule has 0 spiro atoms. The van der Waals surface area contributed by atoms with Crippen molar-refractivity contribution in [2.24, 2.45) is 5.92 Å². The zero-order valence-corrected chi connectivity index (χ0v) is 31.6. The summed E-state index contributed by atoms with van der Waals surface area (Å²) in [6.45, 7) is 2.88. The molecular weight excluding hydrogens is 750 g/mol. The van der Waals surface area contributed by atoms with Crippen LogP contribution < -0.4 is 20.1 Å². The van der Waals surface area contributed by atoms with E-state index < -0.39 is 35.5 Å². The first-order valence-electron chi connectivity index (χ1n) is 18.6. The number of fused-ring (bicyclic) bond motifs is 2. The number of piperidine rings is 2. The number of carbonyl (C=O) groups excluding carboxylic acids is 4. The van der Waals surface area contributed by atoms with Crippen LogP contribution in [0.25, 0.3) is 10.9 Å². The number of carbonyl (C=O) groups is 4. The molecule has 1 aromatic heterocycles. The predicted octanol–water partition coefficient (Wildman–Crippen LogP) is 7.05. The van der Waals surface area contributed by atoms with Gasteiger partial charge in [0.1, 0.15) is 18.2 Å². The van der Waals surface area contributed by atoms with Crippen LogP contribution in [0.4, 0.5) is 15.9 Å². The lowest BCUT2D eigenvalue weighted by Crippen LogP contribution is -2.54. The molecule has 4 aliphatic rings. The Kier molecular flexibility index (Phi) is 10.4. The number of benzene rings is 3. The third kappa shape index (κ3) is 7.32. The maximum absolute atomic E-state index is 14.9. The van der Waals surface area contributed by atoms with Crippen molar-refractivity contribution in [3.63, 3.8) is 0 Å². The minimum absolute atomic E-state index is 0.00204. The first-order valence-corrected chi connectivity index (χ1v) is 19.3. The highest BCUT2D eigenvalue weighted by atomic mass is 35.5. The summed E-state index contributed by atoms with van der Waals surface area (Å²) in [4.78, 5) is 62.8. The molecular formula is C40H39Cl2FN6O6. The summed E-state index contributed by atoms with van der Waals surface area (Å²) >= 11 is 12.0. The van der Waals surface area contributed by atoms with Gasteiger partial charge in [0.15, 0.2) is 17.3 Å². The van der Waals surface area contributed by atoms with E-state index in [9.17, 15) is 23.6 Å². The summed E-state index contributed by atoms with van der Waals surface area (Å²) in [6.07, 6.45) is 7.34. The lowest BCUT2D eigenvalue weighted by Gasteiger charge is -2.37. The van der Waals surface area contributed by atoms with Crippen LogP contribution in [0.1, 0.15) is 83.6 Å². The molecule has 0 radical (unpaired) electrons. The molecule has 12 nitrogen and oxygen atoms in total. The van der Waals surface area contributed by atoms with Gasteiger partial charge in [-0.05, 0) is 106 Å². The molecule has 0 bridgehead atoms. The highest BCUT2D eigenvalue weighted by Crippen LogP contribution is 2.40. The molecule has 8 rings (SSSR count). The number of rotatable bonds is 9. The summed E-state index contributed by atoms with van der Waals surface area (Å²) in [7, 11) is 1.59. The molecule has 3 fully saturated rings. The van der Waals surface area contributed by atoms with Gasteiger partial charge in [0.25, 0.3) is 11.8 Å². The molecule has 15 heteroatoms. The van der Waals surface area contributed by atoms with Crippen molar-refractivity contribution < 1.29 is 33.0 Å². The highest BCUT2D eigenvalue weighted by molar-refractivity contribution is 6.42. The first kappa shape index (κ1) is 37.1. The Labute approximate surface area is 326 Å². The van der Waals surface area contributed by atoms with Crippen LogP contribution in [0.15, 0.2) is 48.8 Å². The third-order valence-corrected chi connectivity index (χ3v) is 12.1. The molecule has 1 aliphatic carbocycles. The van der Waals surface area contributed by atoms with E-state index in [4.69, 9.17) is 32.7 Å². The van der Waals surface area contributed by atoms with E-state index >= 15 is 0 Å². The number of amides is 4. The standard InChI is InChI=1S/C40H39Cl2FN6O6/c1-54-32-18-30-27(37(45-20-44-30)46-29-9-8-28(41)35(42)36(29)43)17-33(32)55-24-5-2-21(3-6-24)19-48-14-12-22(13-15-48)23-4-7-25-26(16-23)40(53)49(39(25)52)31-10-11-34(50)47-38(31)51/h4,7-9,16-18,20-22,24,31H,2-3,5-6,10-15,19H2,1H3,(H,44,45,46)(H,47,50,51). The van der Waals surface area contributed by atoms with Crippen LogP contribution in [-0.4, -0.2) is 82.3 Å². The SMILES string of the molecule is COc1cc2ncnc(Nc3ccc(Cl)c(Cl)c3F)c2cc1OC1CCC(CN2CCC(c3ccc4c(c3)C(=O)N(C3CCC(=O)NC3=O)C4=O)CC2)CC1. The van der Waals surface area contributed by atoms with Gasteiger partial charge < -0.3 is 19.7 Å². The van der Waals surface area contributed by atoms with Crippen LogP contribution in [0.2, 0.25) is 10.0 Å². The number of aromatic nitrogens is 2. The van der Waals surface area contributed by atoms with Crippen molar-refractivity contribution in [2.45, 2.75) is 69.4 Å². The summed E-state index contributed by atoms with van der Waals surface area (Å²) in [5.41, 5.74) is 2.40. The summed E-state index contributed by atoms with van der Waals surface area (Å²) < 4.78 is 27.1. The van der Waals surface area contributed by atoms with E-state index in [2.05, 4.69) is 25.5 Å². The molecule has 3 aromatic carbocycles. The van der Waals surface area contributed by atoms with Gasteiger partial charge in [-0.25, -0.2) is 14.4 Å². The fourth-order valence-electron chi connectivity index (χ4n) is 8.33. The van der Waals surface area contributed by atoms with Gasteiger partial charge in [-0.2, -0.15) is 0 Å². The van der Waals surface area contributed by atoms with Gasteiger partial charge in [0.2, 0.25) is 11.8 Å². The number of likely N-dealkylation sites (tertiary alicyclic amines) is 1. The molecule has 4 aromatic rings. The Morgan fingerprint density at radius 2 is 1.65 bits per heavy atom. The van der Waals surface area contributed by atoms with Gasteiger partial charge >= 0.3 is 0 Å². The fourth-order valence-corrected chi connectivity index (χ4v) is 8.64. The second-order valence-electron chi connectivity index (χ2n) is 14.7. The van der Waals surface area contributed by atoms with Gasteiger partial charge in [0.05, 0.1) is 45.6 Å². The molecule has 286 valence electrons. The second-order valence-corrected chi connectivity index (χ2v) is 15.5. The Balaban J connectivity index is 0.853. The quantitative estimate of drug-likeness (QED) is 0.134. The Morgan fingerprint density at radius 3 is 2.40 bits per heavy atom. The van der Waals surface area contributed by atoms with Crippen LogP contribution in [0.5, 0.6) is 11.5 Å². The lowest BCUT2D eigenvalue weighted by molar-refractivity contribution is -0.136. The molecule has 4 amide bonds. The molecule has 1 atom stereocenters. The molecule has 1 unspecified atom stereocenters. The molecule has 3 aliphatic heterocycles. The van der Waals surface area contributed by atoms with Crippen LogP contribution in [0.3, 0.4) is 0 Å². The fraction of sp³-hybridized carbons (Fsp3) is 0.400. The Bertz CT molecular complexity index is 2210. The average Bonchev–Trinajstić information content (AvgIpc) is 3.44. The summed E-state index contributed by atoms with van der Waals surface area (Å²) in [5, 5.41) is 5.84. The normalized spacial score (nSPS) is 22.2. The third-order valence-electron chi connectivity index (χ3n) is 11.3. The summed E-state index contributed by atoms with van der Waals surface area (Å²) in [5.74, 6) is -0.325. The van der Waals surface area contributed by atoms with Crippen molar-refractivity contribution in [1.82, 2.24) is 25.1 Å². The number of hydrogen-bond donors (Lipinski definition) is 2. The summed E-state index contributed by atoms with van der Waals surface area (Å²) in [6, 6.07) is 11.1. The van der Waals surface area contributed by atoms with Gasteiger partial charge in [-0.1, -0.05) is 29.3 Å². The minimum atomic E-state index is -0.971. The number of imide groups is 2. The number of halogens is 3. The van der Waals surface area contributed by atoms with Crippen molar-refractivity contribution in [2.75, 3.05) is 32.1 Å². The van der Waals surface area contributed by atoms with E-state index in [0.717, 1.165) is 68.6 Å². The molecule has 2 saturated heterocycles. The average molecular weight is 790 g/mol. The van der Waals surface area contributed by atoms with Crippen molar-refractivity contribution in [3.8, 4) is 11.5 Å². The molecule has 2 N–H and O–H groups in total. The number of nitrogens with one attached hydrogen (secondary N) is 2. The second kappa shape index (κ2) is 15.4. The van der Waals surface area contributed by atoms with E-state index in [1.165, 1.54) is 18.5 Å². The van der Waals surface area contributed by atoms with Crippen molar-refractivity contribution in [1.29, 1.82) is 0 Å². The first-order chi connectivity index (χ1) is 26.6. The number of methoxy groups -OCH3 is 1. The van der Waals surface area contributed by atoms with Crippen LogP contribution in [-0.2, 0) is 9.59 Å². The maximum atomic E-state index is 14.9. The number of hydrogen-bond acceptors (Lipinski definition) is 10. The van der Waals surface area contributed by atoms with Crippen molar-refractivity contribution >= 4 is 69.2 Å². The molecule has 55 heavy (non-hydrogen) atoms. The van der Waals surface area contributed by atoms with E-state index in [-0.39, 0.29) is 40.6 Å². The van der Waals surface area contributed by atoms with Crippen LogP contribution >= 0.6 is 23.2 Å². The van der Waals surface area contributed by atoms with Crippen LogP contribution in [0, 0.1) is 11.7 Å². The Morgan fingerprint density at radius 1 is 0.891 bits per heavy atom. The number of anilines is 2. The zero-order valence-electron chi connectivity index (χ0n) is 30.1.